The van der Waals surface area contributed by atoms with Gasteiger partial charge in [0.25, 0.3) is 11.5 Å². The fraction of sp³-hybridized carbons (Fsp3) is 0.320. The molecule has 0 unspecified atom stereocenters. The van der Waals surface area contributed by atoms with Gasteiger partial charge in [-0.1, -0.05) is 36.4 Å². The monoisotopic (exact) mass is 465 g/mol. The van der Waals surface area contributed by atoms with Gasteiger partial charge in [0.1, 0.15) is 5.82 Å². The van der Waals surface area contributed by atoms with E-state index >= 15 is 0 Å². The number of likely N-dealkylation sites (N-methyl/N-ethyl adjacent to an activating group) is 1. The molecule has 0 radical (unpaired) electrons. The van der Waals surface area contributed by atoms with Crippen molar-refractivity contribution in [1.29, 1.82) is 0 Å². The van der Waals surface area contributed by atoms with E-state index in [4.69, 9.17) is 0 Å². The molecule has 178 valence electrons. The summed E-state index contributed by atoms with van der Waals surface area (Å²) in [5.74, 6) is -1.55. The topological polar surface area (TPSA) is 90.7 Å². The fourth-order valence-electron chi connectivity index (χ4n) is 3.95. The highest BCUT2D eigenvalue weighted by atomic mass is 19.1. The summed E-state index contributed by atoms with van der Waals surface area (Å²) in [6.07, 6.45) is 0.982. The molecule has 0 saturated carbocycles. The number of halogens is 1. The van der Waals surface area contributed by atoms with Gasteiger partial charge in [0.05, 0.1) is 12.7 Å². The maximum Gasteiger partial charge on any atom is 0.296 e. The number of carbonyl (C=O) groups excluding carboxylic acids is 1. The van der Waals surface area contributed by atoms with Gasteiger partial charge in [-0.25, -0.2) is 9.37 Å². The van der Waals surface area contributed by atoms with Crippen molar-refractivity contribution in [3.63, 3.8) is 0 Å². The molecule has 34 heavy (non-hydrogen) atoms. The maximum atomic E-state index is 13.1. The Labute approximate surface area is 197 Å². The molecule has 9 heteroatoms. The van der Waals surface area contributed by atoms with Gasteiger partial charge in [0.2, 0.25) is 5.82 Å². The summed E-state index contributed by atoms with van der Waals surface area (Å²) in [6, 6.07) is 13.6. The Balaban J connectivity index is 1.50. The highest BCUT2D eigenvalue weighted by molar-refractivity contribution is 5.90. The number of rotatable bonds is 7. The number of nitrogens with zero attached hydrogens (tertiary/aromatic N) is 4. The predicted octanol–water partition coefficient (Wildman–Crippen LogP) is 1.81. The third-order valence-electron chi connectivity index (χ3n) is 5.93. The first-order valence-electron chi connectivity index (χ1n) is 11.2. The van der Waals surface area contributed by atoms with Crippen LogP contribution in [0.5, 0.6) is 5.75 Å². The van der Waals surface area contributed by atoms with E-state index in [0.717, 1.165) is 50.0 Å². The molecule has 1 amide bonds. The lowest BCUT2D eigenvalue weighted by atomic mass is 10.1. The minimum absolute atomic E-state index is 0.0934. The van der Waals surface area contributed by atoms with Crippen LogP contribution < -0.4 is 10.9 Å². The molecule has 0 atom stereocenters. The third-order valence-corrected chi connectivity index (χ3v) is 5.93. The van der Waals surface area contributed by atoms with E-state index in [1.807, 2.05) is 24.3 Å². The highest BCUT2D eigenvalue weighted by Crippen LogP contribution is 2.13. The molecule has 1 aliphatic heterocycles. The van der Waals surface area contributed by atoms with Crippen molar-refractivity contribution in [1.82, 2.24) is 24.7 Å². The molecule has 3 aromatic rings. The average molecular weight is 466 g/mol. The predicted molar refractivity (Wildman–Crippen MR) is 126 cm³/mol. The number of benzene rings is 2. The summed E-state index contributed by atoms with van der Waals surface area (Å²) >= 11 is 0. The van der Waals surface area contributed by atoms with E-state index in [1.165, 1.54) is 16.7 Å². The Morgan fingerprint density at radius 1 is 1.03 bits per heavy atom. The van der Waals surface area contributed by atoms with Crippen LogP contribution in [-0.4, -0.2) is 63.6 Å². The van der Waals surface area contributed by atoms with Gasteiger partial charge >= 0.3 is 0 Å². The van der Waals surface area contributed by atoms with Crippen LogP contribution in [0.3, 0.4) is 0 Å². The number of carbonyl (C=O) groups is 1. The number of amides is 1. The number of piperazine rings is 1. The lowest BCUT2D eigenvalue weighted by Crippen LogP contribution is -2.43. The maximum absolute atomic E-state index is 13.1. The fourth-order valence-corrected chi connectivity index (χ4v) is 3.95. The molecule has 8 nitrogen and oxygen atoms in total. The molecular formula is C25H28FN5O3. The second-order valence-corrected chi connectivity index (χ2v) is 8.57. The van der Waals surface area contributed by atoms with Crippen molar-refractivity contribution >= 4 is 5.91 Å². The largest absolute Gasteiger partial charge is 0.502 e. The zero-order valence-electron chi connectivity index (χ0n) is 19.1. The lowest BCUT2D eigenvalue weighted by Gasteiger charge is -2.32. The first kappa shape index (κ1) is 23.6. The molecule has 1 aliphatic rings. The molecule has 0 aliphatic carbocycles. The lowest BCUT2D eigenvalue weighted by molar-refractivity contribution is 0.0934. The molecule has 1 saturated heterocycles. The average Bonchev–Trinajstić information content (AvgIpc) is 2.83. The van der Waals surface area contributed by atoms with E-state index < -0.39 is 17.2 Å². The Hall–Kier alpha value is -3.56. The summed E-state index contributed by atoms with van der Waals surface area (Å²) in [6.45, 7) is 5.09. The van der Waals surface area contributed by atoms with Crippen LogP contribution in [0.25, 0.3) is 0 Å². The highest BCUT2D eigenvalue weighted by Gasteiger charge is 2.18. The van der Waals surface area contributed by atoms with Crippen molar-refractivity contribution in [2.24, 2.45) is 0 Å². The molecule has 1 fully saturated rings. The number of hydrogen-bond acceptors (Lipinski definition) is 6. The van der Waals surface area contributed by atoms with Crippen LogP contribution >= 0.6 is 0 Å². The van der Waals surface area contributed by atoms with Crippen LogP contribution in [-0.2, 0) is 19.6 Å². The summed E-state index contributed by atoms with van der Waals surface area (Å²) in [4.78, 5) is 34.2. The second kappa shape index (κ2) is 10.6. The standard InChI is InChI=1S/C25H28FN5O3/c1-29-9-11-30(12-10-29)16-19-3-2-4-20(13-19)17-31-23(27-15-22(32)25(31)34)24(33)28-14-18-5-7-21(26)8-6-18/h2-8,13,15,32H,9-12,14,16-17H2,1H3,(H,28,33). The van der Waals surface area contributed by atoms with Crippen LogP contribution in [0.1, 0.15) is 27.3 Å². The van der Waals surface area contributed by atoms with Gasteiger partial charge in [-0.05, 0) is 35.9 Å². The van der Waals surface area contributed by atoms with Gasteiger partial charge in [-0.3, -0.25) is 19.1 Å². The second-order valence-electron chi connectivity index (χ2n) is 8.57. The van der Waals surface area contributed by atoms with Crippen molar-refractivity contribution in [2.45, 2.75) is 19.6 Å². The molecule has 4 rings (SSSR count). The van der Waals surface area contributed by atoms with Gasteiger partial charge in [0.15, 0.2) is 5.75 Å². The number of aromatic nitrogens is 2. The Morgan fingerprint density at radius 3 is 2.41 bits per heavy atom. The summed E-state index contributed by atoms with van der Waals surface area (Å²) in [5.41, 5.74) is 1.96. The number of hydrogen-bond donors (Lipinski definition) is 2. The summed E-state index contributed by atoms with van der Waals surface area (Å²) in [7, 11) is 2.12. The first-order chi connectivity index (χ1) is 16.4. The zero-order chi connectivity index (χ0) is 24.1. The number of aromatic hydroxyl groups is 1. The smallest absolute Gasteiger partial charge is 0.296 e. The zero-order valence-corrected chi connectivity index (χ0v) is 19.1. The van der Waals surface area contributed by atoms with Gasteiger partial charge in [-0.15, -0.1) is 0 Å². The minimum Gasteiger partial charge on any atom is -0.502 e. The third kappa shape index (κ3) is 5.86. The summed E-state index contributed by atoms with van der Waals surface area (Å²) < 4.78 is 14.3. The Bertz CT molecular complexity index is 1200. The van der Waals surface area contributed by atoms with Crippen LogP contribution in [0.4, 0.5) is 4.39 Å². The normalized spacial score (nSPS) is 14.8. The molecule has 0 bridgehead atoms. The Kier molecular flexibility index (Phi) is 7.34. The van der Waals surface area contributed by atoms with Gasteiger partial charge in [-0.2, -0.15) is 0 Å². The van der Waals surface area contributed by atoms with Crippen molar-refractivity contribution < 1.29 is 14.3 Å². The SMILES string of the molecule is CN1CCN(Cc2cccc(Cn3c(C(=O)NCc4ccc(F)cc4)ncc(O)c3=O)c2)CC1. The summed E-state index contributed by atoms with van der Waals surface area (Å²) in [5, 5.41) is 12.6. The molecule has 2 aromatic carbocycles. The van der Waals surface area contributed by atoms with Crippen molar-refractivity contribution in [3.05, 3.63) is 93.4 Å². The van der Waals surface area contributed by atoms with E-state index in [9.17, 15) is 19.1 Å². The van der Waals surface area contributed by atoms with Gasteiger partial charge < -0.3 is 15.3 Å². The Morgan fingerprint density at radius 2 is 1.71 bits per heavy atom. The van der Waals surface area contributed by atoms with Crippen LogP contribution in [0, 0.1) is 5.82 Å². The van der Waals surface area contributed by atoms with E-state index in [-0.39, 0.29) is 24.7 Å². The number of nitrogens with one attached hydrogen (secondary N) is 1. The van der Waals surface area contributed by atoms with Crippen molar-refractivity contribution in [2.75, 3.05) is 33.2 Å². The van der Waals surface area contributed by atoms with E-state index in [0.29, 0.717) is 5.56 Å². The molecule has 2 N–H and O–H groups in total. The minimum atomic E-state index is -0.689. The molecule has 2 heterocycles. The first-order valence-corrected chi connectivity index (χ1v) is 11.2. The van der Waals surface area contributed by atoms with Crippen LogP contribution in [0.2, 0.25) is 0 Å². The molecule has 1 aromatic heterocycles. The van der Waals surface area contributed by atoms with Crippen molar-refractivity contribution in [3.8, 4) is 5.75 Å². The molecular weight excluding hydrogens is 437 g/mol. The van der Waals surface area contributed by atoms with Crippen LogP contribution in [0.15, 0.2) is 59.5 Å². The molecule has 0 spiro atoms. The van der Waals surface area contributed by atoms with E-state index in [1.54, 1.807) is 12.1 Å². The van der Waals surface area contributed by atoms with Gasteiger partial charge in [0, 0.05) is 39.3 Å². The quantitative estimate of drug-likeness (QED) is 0.553. The van der Waals surface area contributed by atoms with E-state index in [2.05, 4.69) is 27.1 Å².